The molecule has 0 spiro atoms. The smallest absolute Gasteiger partial charge is 0.307 e. The number of hydrogen-bond acceptors (Lipinski definition) is 5. The Morgan fingerprint density at radius 3 is 2.65 bits per heavy atom. The summed E-state index contributed by atoms with van der Waals surface area (Å²) >= 11 is 0. The number of rotatable bonds is 2. The van der Waals surface area contributed by atoms with E-state index in [-0.39, 0.29) is 11.4 Å². The largest absolute Gasteiger partial charge is 0.378 e. The molecule has 7 nitrogen and oxygen atoms in total. The lowest BCUT2D eigenvalue weighted by Crippen LogP contribution is -2.39. The van der Waals surface area contributed by atoms with Gasteiger partial charge in [-0.3, -0.25) is 14.9 Å². The number of fused-ring (bicyclic) bond motifs is 1. The topological polar surface area (TPSA) is 88.5 Å². The zero-order valence-electron chi connectivity index (χ0n) is 10.7. The molecule has 1 aliphatic rings. The van der Waals surface area contributed by atoms with Gasteiger partial charge in [0, 0.05) is 13.1 Å². The molecule has 0 radical (unpaired) electrons. The third-order valence-electron chi connectivity index (χ3n) is 3.38. The van der Waals surface area contributed by atoms with E-state index in [4.69, 9.17) is 4.74 Å². The van der Waals surface area contributed by atoms with Gasteiger partial charge in [-0.05, 0) is 12.1 Å². The highest BCUT2D eigenvalue weighted by atomic mass is 16.6. The van der Waals surface area contributed by atoms with E-state index in [1.165, 1.54) is 0 Å². The second kappa shape index (κ2) is 4.93. The first-order valence-corrected chi connectivity index (χ1v) is 6.30. The summed E-state index contributed by atoms with van der Waals surface area (Å²) in [5.41, 5.74) is 0.0294. The maximum atomic E-state index is 12.2. The van der Waals surface area contributed by atoms with Crippen molar-refractivity contribution in [2.24, 2.45) is 0 Å². The quantitative estimate of drug-likeness (QED) is 0.658. The second-order valence-corrected chi connectivity index (χ2v) is 4.55. The highest BCUT2D eigenvalue weighted by molar-refractivity contribution is 5.93. The van der Waals surface area contributed by atoms with Crippen molar-refractivity contribution in [3.8, 4) is 0 Å². The van der Waals surface area contributed by atoms with Crippen LogP contribution in [0, 0.1) is 10.1 Å². The standard InChI is InChI=1S/C13H13N3O4/c17-13-12(15-5-7-20-8-6-15)11(16(18)19)9-3-1-2-4-10(9)14-13/h1-4H,5-8H2,(H,14,17). The van der Waals surface area contributed by atoms with Crippen LogP contribution in [0.4, 0.5) is 11.4 Å². The molecule has 0 amide bonds. The third-order valence-corrected chi connectivity index (χ3v) is 3.38. The van der Waals surface area contributed by atoms with Crippen LogP contribution in [-0.2, 0) is 4.74 Å². The molecule has 20 heavy (non-hydrogen) atoms. The number of morpholine rings is 1. The van der Waals surface area contributed by atoms with Crippen molar-refractivity contribution in [2.45, 2.75) is 0 Å². The molecule has 1 aromatic carbocycles. The predicted octanol–water partition coefficient (Wildman–Crippen LogP) is 1.27. The SMILES string of the molecule is O=c1[nH]c2ccccc2c([N+](=O)[O-])c1N1CCOCC1. The van der Waals surface area contributed by atoms with Crippen LogP contribution in [0.1, 0.15) is 0 Å². The van der Waals surface area contributed by atoms with Gasteiger partial charge in [0.1, 0.15) is 0 Å². The lowest BCUT2D eigenvalue weighted by molar-refractivity contribution is -0.382. The molecule has 0 unspecified atom stereocenters. The summed E-state index contributed by atoms with van der Waals surface area (Å²) < 4.78 is 5.23. The minimum atomic E-state index is -0.484. The van der Waals surface area contributed by atoms with Crippen molar-refractivity contribution in [3.63, 3.8) is 0 Å². The summed E-state index contributed by atoms with van der Waals surface area (Å²) in [7, 11) is 0. The minimum Gasteiger partial charge on any atom is -0.378 e. The molecule has 1 saturated heterocycles. The summed E-state index contributed by atoms with van der Waals surface area (Å²) in [5.74, 6) is 0. The summed E-state index contributed by atoms with van der Waals surface area (Å²) in [6.45, 7) is 1.87. The van der Waals surface area contributed by atoms with Crippen molar-refractivity contribution < 1.29 is 9.66 Å². The molecular formula is C13H13N3O4. The molecular weight excluding hydrogens is 262 g/mol. The monoisotopic (exact) mass is 275 g/mol. The normalized spacial score (nSPS) is 15.5. The van der Waals surface area contributed by atoms with E-state index in [9.17, 15) is 14.9 Å². The van der Waals surface area contributed by atoms with Crippen LogP contribution in [0.3, 0.4) is 0 Å². The number of aromatic amines is 1. The molecule has 1 N–H and O–H groups in total. The molecule has 2 heterocycles. The number of benzene rings is 1. The Kier molecular flexibility index (Phi) is 3.11. The molecule has 0 atom stereocenters. The lowest BCUT2D eigenvalue weighted by atomic mass is 10.1. The molecule has 1 aliphatic heterocycles. The van der Waals surface area contributed by atoms with Crippen LogP contribution in [0.5, 0.6) is 0 Å². The van der Waals surface area contributed by atoms with Gasteiger partial charge >= 0.3 is 5.69 Å². The van der Waals surface area contributed by atoms with Gasteiger partial charge in [-0.1, -0.05) is 12.1 Å². The number of aromatic nitrogens is 1. The van der Waals surface area contributed by atoms with E-state index in [1.54, 1.807) is 29.2 Å². The third kappa shape index (κ3) is 2.01. The fraction of sp³-hybridized carbons (Fsp3) is 0.308. The van der Waals surface area contributed by atoms with Crippen LogP contribution in [-0.4, -0.2) is 36.2 Å². The van der Waals surface area contributed by atoms with E-state index < -0.39 is 10.5 Å². The molecule has 0 aliphatic carbocycles. The summed E-state index contributed by atoms with van der Waals surface area (Å²) in [6, 6.07) is 6.76. The first-order chi connectivity index (χ1) is 9.68. The number of H-pyrrole nitrogens is 1. The minimum absolute atomic E-state index is 0.122. The summed E-state index contributed by atoms with van der Waals surface area (Å²) in [5, 5.41) is 11.9. The number of hydrogen-bond donors (Lipinski definition) is 1. The van der Waals surface area contributed by atoms with Gasteiger partial charge < -0.3 is 14.6 Å². The van der Waals surface area contributed by atoms with E-state index in [0.29, 0.717) is 37.2 Å². The van der Waals surface area contributed by atoms with Crippen molar-refractivity contribution in [1.82, 2.24) is 4.98 Å². The Bertz CT molecular complexity index is 719. The highest BCUT2D eigenvalue weighted by Gasteiger charge is 2.27. The van der Waals surface area contributed by atoms with Gasteiger partial charge in [0.25, 0.3) is 5.56 Å². The number of ether oxygens (including phenoxy) is 1. The van der Waals surface area contributed by atoms with Gasteiger partial charge in [-0.15, -0.1) is 0 Å². The average Bonchev–Trinajstić information content (AvgIpc) is 2.46. The molecule has 104 valence electrons. The van der Waals surface area contributed by atoms with E-state index >= 15 is 0 Å². The predicted molar refractivity (Wildman–Crippen MR) is 74.3 cm³/mol. The fourth-order valence-corrected chi connectivity index (χ4v) is 2.48. The fourth-order valence-electron chi connectivity index (χ4n) is 2.48. The Morgan fingerprint density at radius 1 is 1.25 bits per heavy atom. The Balaban J connectivity index is 2.29. The maximum Gasteiger partial charge on any atom is 0.307 e. The van der Waals surface area contributed by atoms with E-state index in [2.05, 4.69) is 4.98 Å². The number of nitrogens with zero attached hydrogens (tertiary/aromatic N) is 2. The number of anilines is 1. The summed E-state index contributed by atoms with van der Waals surface area (Å²) in [6.07, 6.45) is 0. The van der Waals surface area contributed by atoms with Gasteiger partial charge in [-0.25, -0.2) is 0 Å². The molecule has 2 aromatic rings. The molecule has 0 bridgehead atoms. The average molecular weight is 275 g/mol. The zero-order valence-corrected chi connectivity index (χ0v) is 10.7. The van der Waals surface area contributed by atoms with Crippen LogP contribution >= 0.6 is 0 Å². The van der Waals surface area contributed by atoms with Gasteiger partial charge in [0.05, 0.1) is 29.0 Å². The zero-order chi connectivity index (χ0) is 14.1. The van der Waals surface area contributed by atoms with Crippen molar-refractivity contribution in [3.05, 3.63) is 44.7 Å². The second-order valence-electron chi connectivity index (χ2n) is 4.55. The molecule has 7 heteroatoms. The highest BCUT2D eigenvalue weighted by Crippen LogP contribution is 2.31. The van der Waals surface area contributed by atoms with Crippen molar-refractivity contribution in [1.29, 1.82) is 0 Å². The molecule has 1 aromatic heterocycles. The van der Waals surface area contributed by atoms with Crippen LogP contribution < -0.4 is 10.5 Å². The molecule has 3 rings (SSSR count). The van der Waals surface area contributed by atoms with Gasteiger partial charge in [-0.2, -0.15) is 0 Å². The number of nitrogens with one attached hydrogen (secondary N) is 1. The van der Waals surface area contributed by atoms with Crippen LogP contribution in [0.15, 0.2) is 29.1 Å². The van der Waals surface area contributed by atoms with Gasteiger partial charge in [0.15, 0.2) is 5.69 Å². The van der Waals surface area contributed by atoms with Gasteiger partial charge in [0.2, 0.25) is 0 Å². The Morgan fingerprint density at radius 2 is 1.95 bits per heavy atom. The number of nitro groups is 1. The Hall–Kier alpha value is -2.41. The Labute approximate surface area is 113 Å². The number of pyridine rings is 1. The number of para-hydroxylation sites is 1. The van der Waals surface area contributed by atoms with Crippen molar-refractivity contribution >= 4 is 22.3 Å². The first kappa shape index (κ1) is 12.6. The van der Waals surface area contributed by atoms with E-state index in [1.807, 2.05) is 0 Å². The molecule has 1 fully saturated rings. The van der Waals surface area contributed by atoms with E-state index in [0.717, 1.165) is 0 Å². The van der Waals surface area contributed by atoms with Crippen LogP contribution in [0.25, 0.3) is 10.9 Å². The van der Waals surface area contributed by atoms with Crippen molar-refractivity contribution in [2.75, 3.05) is 31.2 Å². The van der Waals surface area contributed by atoms with Crippen LogP contribution in [0.2, 0.25) is 0 Å². The maximum absolute atomic E-state index is 12.2. The lowest BCUT2D eigenvalue weighted by Gasteiger charge is -2.27. The first-order valence-electron chi connectivity index (χ1n) is 6.30. The summed E-state index contributed by atoms with van der Waals surface area (Å²) in [4.78, 5) is 27.6. The molecule has 0 saturated carbocycles.